The summed E-state index contributed by atoms with van der Waals surface area (Å²) in [6.07, 6.45) is 2.89. The van der Waals surface area contributed by atoms with Gasteiger partial charge in [0, 0.05) is 18.7 Å². The number of carbonyl (C=O) groups excluding carboxylic acids is 2. The Hall–Kier alpha value is -2.84. The smallest absolute Gasteiger partial charge is 0.345 e. The zero-order valence-corrected chi connectivity index (χ0v) is 18.0. The molecule has 1 saturated heterocycles. The summed E-state index contributed by atoms with van der Waals surface area (Å²) in [6, 6.07) is 2.42. The largest absolute Gasteiger partial charge is 0.493 e. The minimum absolute atomic E-state index is 0.0637. The van der Waals surface area contributed by atoms with Crippen molar-refractivity contribution < 1.29 is 28.7 Å². The van der Waals surface area contributed by atoms with E-state index in [2.05, 4.69) is 20.8 Å². The number of hydrogen-bond acceptors (Lipinski definition) is 7. The molecule has 3 rings (SSSR count). The molecule has 1 saturated carbocycles. The summed E-state index contributed by atoms with van der Waals surface area (Å²) in [5.74, 6) is -0.954. The first kappa shape index (κ1) is 21.9. The summed E-state index contributed by atoms with van der Waals surface area (Å²) in [5, 5.41) is 11.4. The summed E-state index contributed by atoms with van der Waals surface area (Å²) in [7, 11) is 2.70. The number of esters is 1. The van der Waals surface area contributed by atoms with Crippen LogP contribution in [0.2, 0.25) is 0 Å². The van der Waals surface area contributed by atoms with Crippen LogP contribution in [-0.2, 0) is 9.53 Å². The highest BCUT2D eigenvalue weighted by atomic mass is 16.6. The van der Waals surface area contributed by atoms with Crippen LogP contribution >= 0.6 is 0 Å². The molecule has 9 heteroatoms. The number of amides is 1. The number of hydrogen-bond donors (Lipinski definition) is 0. The Morgan fingerprint density at radius 2 is 1.80 bits per heavy atom. The Kier molecular flexibility index (Phi) is 5.66. The monoisotopic (exact) mass is 420 g/mol. The molecule has 30 heavy (non-hydrogen) atoms. The second-order valence-corrected chi connectivity index (χ2v) is 9.29. The van der Waals surface area contributed by atoms with Gasteiger partial charge in [0.05, 0.1) is 25.2 Å². The van der Waals surface area contributed by atoms with Crippen molar-refractivity contribution in [1.82, 2.24) is 4.90 Å². The lowest BCUT2D eigenvalue weighted by molar-refractivity contribution is -0.385. The molecule has 1 amide bonds. The van der Waals surface area contributed by atoms with E-state index in [-0.39, 0.29) is 39.8 Å². The van der Waals surface area contributed by atoms with Crippen molar-refractivity contribution >= 4 is 17.6 Å². The van der Waals surface area contributed by atoms with Crippen molar-refractivity contribution in [3.05, 3.63) is 27.8 Å². The van der Waals surface area contributed by atoms with Gasteiger partial charge in [-0.25, -0.2) is 4.79 Å². The van der Waals surface area contributed by atoms with Crippen LogP contribution in [-0.4, -0.2) is 55.1 Å². The standard InChI is InChI=1S/C21H28N2O7/c1-20(2)8-13-9-21(3,11-20)12-22(13)18(24)10-30-19(25)14-6-16(28-4)17(29-5)7-15(14)23(26)27/h6-7,13H,8-12H2,1-5H3. The van der Waals surface area contributed by atoms with Gasteiger partial charge < -0.3 is 19.1 Å². The summed E-state index contributed by atoms with van der Waals surface area (Å²) < 4.78 is 15.3. The molecule has 1 aromatic carbocycles. The molecule has 164 valence electrons. The second kappa shape index (κ2) is 7.77. The van der Waals surface area contributed by atoms with Crippen LogP contribution in [0.4, 0.5) is 5.69 Å². The first-order valence-electron chi connectivity index (χ1n) is 9.86. The Bertz CT molecular complexity index is 882. The molecule has 1 aromatic rings. The van der Waals surface area contributed by atoms with Crippen LogP contribution in [0, 0.1) is 20.9 Å². The van der Waals surface area contributed by atoms with Crippen molar-refractivity contribution in [2.75, 3.05) is 27.4 Å². The lowest BCUT2D eigenvalue weighted by Gasteiger charge is -2.39. The third kappa shape index (κ3) is 4.20. The van der Waals surface area contributed by atoms with Crippen LogP contribution in [0.3, 0.4) is 0 Å². The molecule has 2 bridgehead atoms. The molecule has 1 aliphatic heterocycles. The van der Waals surface area contributed by atoms with Gasteiger partial charge in [0.25, 0.3) is 11.6 Å². The maximum atomic E-state index is 12.8. The number of rotatable bonds is 6. The maximum absolute atomic E-state index is 12.8. The number of ether oxygens (including phenoxy) is 3. The van der Waals surface area contributed by atoms with E-state index in [4.69, 9.17) is 14.2 Å². The number of nitro groups is 1. The van der Waals surface area contributed by atoms with Crippen LogP contribution in [0.1, 0.15) is 50.4 Å². The third-order valence-electron chi connectivity index (χ3n) is 5.98. The number of nitro benzene ring substituents is 1. The second-order valence-electron chi connectivity index (χ2n) is 9.29. The average molecular weight is 420 g/mol. The Labute approximate surface area is 175 Å². The molecular weight excluding hydrogens is 392 g/mol. The van der Waals surface area contributed by atoms with Gasteiger partial charge in [-0.05, 0) is 30.1 Å². The van der Waals surface area contributed by atoms with Gasteiger partial charge in [-0.3, -0.25) is 14.9 Å². The third-order valence-corrected chi connectivity index (χ3v) is 5.98. The zero-order valence-electron chi connectivity index (χ0n) is 18.0. The first-order valence-corrected chi connectivity index (χ1v) is 9.86. The topological polar surface area (TPSA) is 108 Å². The van der Waals surface area contributed by atoms with Gasteiger partial charge in [0.1, 0.15) is 5.56 Å². The molecule has 0 spiro atoms. The Balaban J connectivity index is 1.73. The normalized spacial score (nSPS) is 24.3. The fraction of sp³-hybridized carbons (Fsp3) is 0.619. The molecule has 1 heterocycles. The highest BCUT2D eigenvalue weighted by molar-refractivity contribution is 5.96. The molecule has 9 nitrogen and oxygen atoms in total. The molecule has 2 atom stereocenters. The zero-order chi connectivity index (χ0) is 22.3. The number of methoxy groups -OCH3 is 2. The van der Waals surface area contributed by atoms with Gasteiger partial charge in [0.15, 0.2) is 18.1 Å². The highest BCUT2D eigenvalue weighted by Gasteiger charge is 2.51. The lowest BCUT2D eigenvalue weighted by Crippen LogP contribution is -2.39. The summed E-state index contributed by atoms with van der Waals surface area (Å²) in [6.45, 7) is 6.78. The van der Waals surface area contributed by atoms with Gasteiger partial charge >= 0.3 is 5.97 Å². The van der Waals surface area contributed by atoms with Crippen LogP contribution in [0.25, 0.3) is 0 Å². The number of benzene rings is 1. The number of likely N-dealkylation sites (tertiary alicyclic amines) is 1. The van der Waals surface area contributed by atoms with E-state index in [9.17, 15) is 19.7 Å². The number of carbonyl (C=O) groups is 2. The van der Waals surface area contributed by atoms with Crippen LogP contribution in [0.15, 0.2) is 12.1 Å². The Morgan fingerprint density at radius 1 is 1.17 bits per heavy atom. The highest BCUT2D eigenvalue weighted by Crippen LogP contribution is 2.52. The number of fused-ring (bicyclic) bond motifs is 2. The summed E-state index contributed by atoms with van der Waals surface area (Å²) >= 11 is 0. The van der Waals surface area contributed by atoms with Crippen molar-refractivity contribution in [2.45, 2.75) is 46.1 Å². The van der Waals surface area contributed by atoms with Crippen LogP contribution < -0.4 is 9.47 Å². The predicted octanol–water partition coefficient (Wildman–Crippen LogP) is 3.20. The summed E-state index contributed by atoms with van der Waals surface area (Å²) in [4.78, 5) is 37.8. The van der Waals surface area contributed by atoms with Crippen molar-refractivity contribution in [1.29, 1.82) is 0 Å². The molecule has 1 aliphatic carbocycles. The minimum Gasteiger partial charge on any atom is -0.493 e. The SMILES string of the molecule is COc1cc(C(=O)OCC(=O)N2CC3(C)CC2CC(C)(C)C3)c([N+](=O)[O-])cc1OC. The first-order chi connectivity index (χ1) is 14.0. The molecule has 0 N–H and O–H groups in total. The molecule has 2 unspecified atom stereocenters. The molecule has 2 fully saturated rings. The fourth-order valence-corrected chi connectivity index (χ4v) is 5.22. The fourth-order valence-electron chi connectivity index (χ4n) is 5.22. The van der Waals surface area contributed by atoms with Crippen molar-refractivity contribution in [3.8, 4) is 11.5 Å². The molecule has 0 aromatic heterocycles. The van der Waals surface area contributed by atoms with E-state index in [0.29, 0.717) is 6.54 Å². The van der Waals surface area contributed by atoms with E-state index < -0.39 is 23.2 Å². The summed E-state index contributed by atoms with van der Waals surface area (Å²) in [5.41, 5.74) is -0.548. The molecule has 0 radical (unpaired) electrons. The van der Waals surface area contributed by atoms with E-state index in [0.717, 1.165) is 25.3 Å². The van der Waals surface area contributed by atoms with E-state index in [1.165, 1.54) is 20.3 Å². The van der Waals surface area contributed by atoms with E-state index in [1.54, 1.807) is 4.90 Å². The lowest BCUT2D eigenvalue weighted by atomic mass is 9.65. The van der Waals surface area contributed by atoms with Crippen molar-refractivity contribution in [2.24, 2.45) is 10.8 Å². The predicted molar refractivity (Wildman–Crippen MR) is 108 cm³/mol. The molecule has 2 aliphatic rings. The van der Waals surface area contributed by atoms with Gasteiger partial charge in [-0.2, -0.15) is 0 Å². The Morgan fingerprint density at radius 3 is 2.40 bits per heavy atom. The van der Waals surface area contributed by atoms with E-state index in [1.807, 2.05) is 0 Å². The van der Waals surface area contributed by atoms with Gasteiger partial charge in [-0.1, -0.05) is 20.8 Å². The molecular formula is C21H28N2O7. The quantitative estimate of drug-likeness (QED) is 0.395. The minimum atomic E-state index is -0.954. The van der Waals surface area contributed by atoms with Crippen molar-refractivity contribution in [3.63, 3.8) is 0 Å². The van der Waals surface area contributed by atoms with E-state index >= 15 is 0 Å². The van der Waals surface area contributed by atoms with Gasteiger partial charge in [0.2, 0.25) is 0 Å². The average Bonchev–Trinajstić information content (AvgIpc) is 2.93. The number of nitrogens with zero attached hydrogens (tertiary/aromatic N) is 2. The maximum Gasteiger partial charge on any atom is 0.345 e. The van der Waals surface area contributed by atoms with Crippen LogP contribution in [0.5, 0.6) is 11.5 Å². The van der Waals surface area contributed by atoms with Gasteiger partial charge in [-0.15, -0.1) is 0 Å².